The number of nitrogens with zero attached hydrogens (tertiary/aromatic N) is 3. The summed E-state index contributed by atoms with van der Waals surface area (Å²) in [6, 6.07) is 3.51. The van der Waals surface area contributed by atoms with Crippen LogP contribution in [-0.4, -0.2) is 54.6 Å². The topological polar surface area (TPSA) is 48.5 Å². The van der Waals surface area contributed by atoms with Crippen molar-refractivity contribution >= 4 is 48.1 Å². The van der Waals surface area contributed by atoms with Gasteiger partial charge in [-0.1, -0.05) is 23.8 Å². The predicted octanol–water partition coefficient (Wildman–Crippen LogP) is 1.76. The fraction of sp³-hybridized carbons (Fsp3) is 0.429. The van der Waals surface area contributed by atoms with Gasteiger partial charge in [-0.25, -0.2) is 4.98 Å². The number of anilines is 1. The lowest BCUT2D eigenvalue weighted by molar-refractivity contribution is -0.132. The lowest BCUT2D eigenvalue weighted by Gasteiger charge is -2.36. The largest absolute Gasteiger partial charge is 0.352 e. The van der Waals surface area contributed by atoms with Gasteiger partial charge in [0.1, 0.15) is 11.9 Å². The number of hydrogen-bond donors (Lipinski definition) is 1. The molecule has 2 aliphatic heterocycles. The second-order valence-corrected chi connectivity index (χ2v) is 5.34. The molecular formula is C14H19Cl3N4O. The molecule has 122 valence electrons. The van der Waals surface area contributed by atoms with Gasteiger partial charge in [0.2, 0.25) is 5.91 Å². The zero-order valence-electron chi connectivity index (χ0n) is 11.9. The molecule has 0 saturated carbocycles. The van der Waals surface area contributed by atoms with Gasteiger partial charge in [-0.2, -0.15) is 0 Å². The second-order valence-electron chi connectivity index (χ2n) is 4.94. The fourth-order valence-corrected chi connectivity index (χ4v) is 2.82. The minimum Gasteiger partial charge on any atom is -0.352 e. The quantitative estimate of drug-likeness (QED) is 0.811. The molecular weight excluding hydrogens is 347 g/mol. The molecule has 1 aromatic rings. The Balaban J connectivity index is 0.00000121. The second kappa shape index (κ2) is 8.58. The zero-order valence-corrected chi connectivity index (χ0v) is 14.3. The summed E-state index contributed by atoms with van der Waals surface area (Å²) < 4.78 is 0. The molecule has 1 fully saturated rings. The van der Waals surface area contributed by atoms with E-state index >= 15 is 0 Å². The summed E-state index contributed by atoms with van der Waals surface area (Å²) in [5.41, 5.74) is 0. The summed E-state index contributed by atoms with van der Waals surface area (Å²) in [6.07, 6.45) is 5.67. The van der Waals surface area contributed by atoms with E-state index < -0.39 is 0 Å². The SMILES string of the molecule is Cl.Cl.O=C(C1C=CCN1)N1CCN(c2ncccc2Cl)CC1. The van der Waals surface area contributed by atoms with Crippen LogP contribution >= 0.6 is 36.4 Å². The van der Waals surface area contributed by atoms with Gasteiger partial charge in [0.15, 0.2) is 0 Å². The van der Waals surface area contributed by atoms with Crippen LogP contribution < -0.4 is 10.2 Å². The van der Waals surface area contributed by atoms with Crippen LogP contribution in [0.4, 0.5) is 5.82 Å². The molecule has 2 aliphatic rings. The van der Waals surface area contributed by atoms with Crippen molar-refractivity contribution in [2.24, 2.45) is 0 Å². The summed E-state index contributed by atoms with van der Waals surface area (Å²) in [4.78, 5) is 20.6. The molecule has 1 N–H and O–H groups in total. The number of piperazine rings is 1. The van der Waals surface area contributed by atoms with Crippen LogP contribution in [0.25, 0.3) is 0 Å². The van der Waals surface area contributed by atoms with Crippen molar-refractivity contribution in [2.45, 2.75) is 6.04 Å². The number of rotatable bonds is 2. The molecule has 1 saturated heterocycles. The van der Waals surface area contributed by atoms with Crippen molar-refractivity contribution in [3.8, 4) is 0 Å². The molecule has 0 aliphatic carbocycles. The minimum atomic E-state index is -0.153. The number of halogens is 3. The fourth-order valence-electron chi connectivity index (χ4n) is 2.58. The predicted molar refractivity (Wildman–Crippen MR) is 93.5 cm³/mol. The van der Waals surface area contributed by atoms with Crippen molar-refractivity contribution in [3.05, 3.63) is 35.5 Å². The summed E-state index contributed by atoms with van der Waals surface area (Å²) in [5.74, 6) is 0.964. The van der Waals surface area contributed by atoms with Crippen molar-refractivity contribution in [1.82, 2.24) is 15.2 Å². The molecule has 1 aromatic heterocycles. The molecule has 0 aromatic carbocycles. The number of amides is 1. The van der Waals surface area contributed by atoms with Crippen LogP contribution in [0.1, 0.15) is 0 Å². The highest BCUT2D eigenvalue weighted by Crippen LogP contribution is 2.23. The van der Waals surface area contributed by atoms with E-state index in [9.17, 15) is 4.79 Å². The number of aromatic nitrogens is 1. The van der Waals surface area contributed by atoms with E-state index in [1.807, 2.05) is 29.2 Å². The number of nitrogens with one attached hydrogen (secondary N) is 1. The van der Waals surface area contributed by atoms with Gasteiger partial charge in [0.25, 0.3) is 0 Å². The number of carbonyl (C=O) groups is 1. The first-order chi connectivity index (χ1) is 9.75. The highest BCUT2D eigenvalue weighted by molar-refractivity contribution is 6.32. The number of carbonyl (C=O) groups excluding carboxylic acids is 1. The lowest BCUT2D eigenvalue weighted by Crippen LogP contribution is -2.53. The summed E-state index contributed by atoms with van der Waals surface area (Å²) >= 11 is 6.16. The van der Waals surface area contributed by atoms with Crippen LogP contribution in [0.5, 0.6) is 0 Å². The highest BCUT2D eigenvalue weighted by atomic mass is 35.5. The van der Waals surface area contributed by atoms with E-state index in [1.54, 1.807) is 6.20 Å². The average Bonchev–Trinajstić information content (AvgIpc) is 3.01. The van der Waals surface area contributed by atoms with Crippen LogP contribution in [0, 0.1) is 0 Å². The molecule has 8 heteroatoms. The lowest BCUT2D eigenvalue weighted by atomic mass is 10.2. The molecule has 0 bridgehead atoms. The summed E-state index contributed by atoms with van der Waals surface area (Å²) in [6.45, 7) is 3.72. The zero-order chi connectivity index (χ0) is 13.9. The average molecular weight is 366 g/mol. The maximum absolute atomic E-state index is 12.3. The van der Waals surface area contributed by atoms with E-state index in [-0.39, 0.29) is 36.8 Å². The summed E-state index contributed by atoms with van der Waals surface area (Å²) in [7, 11) is 0. The Hall–Kier alpha value is -1.01. The first kappa shape index (κ1) is 19.0. The number of pyridine rings is 1. The van der Waals surface area contributed by atoms with Gasteiger partial charge in [-0.3, -0.25) is 10.1 Å². The number of hydrogen-bond acceptors (Lipinski definition) is 4. The smallest absolute Gasteiger partial charge is 0.243 e. The minimum absolute atomic E-state index is 0. The maximum atomic E-state index is 12.3. The van der Waals surface area contributed by atoms with Crippen molar-refractivity contribution in [2.75, 3.05) is 37.6 Å². The van der Waals surface area contributed by atoms with Gasteiger partial charge < -0.3 is 9.80 Å². The molecule has 1 amide bonds. The monoisotopic (exact) mass is 364 g/mol. The van der Waals surface area contributed by atoms with Gasteiger partial charge in [-0.05, 0) is 12.1 Å². The Labute approximate surface area is 147 Å². The van der Waals surface area contributed by atoms with Gasteiger partial charge in [-0.15, -0.1) is 24.8 Å². The van der Waals surface area contributed by atoms with E-state index in [0.717, 1.165) is 25.5 Å². The first-order valence-corrected chi connectivity index (χ1v) is 7.18. The molecule has 0 radical (unpaired) electrons. The molecule has 5 nitrogen and oxygen atoms in total. The highest BCUT2D eigenvalue weighted by Gasteiger charge is 2.27. The Kier molecular flexibility index (Phi) is 7.42. The summed E-state index contributed by atoms with van der Waals surface area (Å²) in [5, 5.41) is 3.82. The van der Waals surface area contributed by atoms with E-state index in [2.05, 4.69) is 15.2 Å². The van der Waals surface area contributed by atoms with E-state index in [4.69, 9.17) is 11.6 Å². The third-order valence-electron chi connectivity index (χ3n) is 3.68. The van der Waals surface area contributed by atoms with Gasteiger partial charge in [0.05, 0.1) is 5.02 Å². The van der Waals surface area contributed by atoms with Crippen molar-refractivity contribution in [1.29, 1.82) is 0 Å². The van der Waals surface area contributed by atoms with Crippen LogP contribution in [-0.2, 0) is 4.79 Å². The Morgan fingerprint density at radius 3 is 2.59 bits per heavy atom. The van der Waals surface area contributed by atoms with E-state index in [0.29, 0.717) is 18.1 Å². The maximum Gasteiger partial charge on any atom is 0.243 e. The van der Waals surface area contributed by atoms with Gasteiger partial charge >= 0.3 is 0 Å². The normalized spacial score (nSPS) is 20.3. The van der Waals surface area contributed by atoms with Gasteiger partial charge in [0, 0.05) is 38.9 Å². The standard InChI is InChI=1S/C14H17ClN4O.2ClH/c15-11-3-1-6-17-13(11)18-7-9-19(10-8-18)14(20)12-4-2-5-16-12;;/h1-4,6,12,16H,5,7-10H2;2*1H. The van der Waals surface area contributed by atoms with Crippen LogP contribution in [0.2, 0.25) is 5.02 Å². The van der Waals surface area contributed by atoms with Crippen molar-refractivity contribution in [3.63, 3.8) is 0 Å². The third-order valence-corrected chi connectivity index (χ3v) is 3.98. The Morgan fingerprint density at radius 2 is 2.00 bits per heavy atom. The van der Waals surface area contributed by atoms with Crippen LogP contribution in [0.3, 0.4) is 0 Å². The molecule has 22 heavy (non-hydrogen) atoms. The van der Waals surface area contributed by atoms with Crippen molar-refractivity contribution < 1.29 is 4.79 Å². The Morgan fingerprint density at radius 1 is 1.27 bits per heavy atom. The molecule has 3 rings (SSSR count). The molecule has 1 atom stereocenters. The first-order valence-electron chi connectivity index (χ1n) is 6.80. The van der Waals surface area contributed by atoms with E-state index in [1.165, 1.54) is 0 Å². The molecule has 1 unspecified atom stereocenters. The Bertz CT molecular complexity index is 533. The van der Waals surface area contributed by atoms with Crippen LogP contribution in [0.15, 0.2) is 30.5 Å². The third kappa shape index (κ3) is 4.04. The molecule has 3 heterocycles. The molecule has 0 spiro atoms.